The summed E-state index contributed by atoms with van der Waals surface area (Å²) < 4.78 is 43.8. The molecule has 0 radical (unpaired) electrons. The molecule has 2 N–H and O–H groups in total. The molecule has 1 amide bonds. The summed E-state index contributed by atoms with van der Waals surface area (Å²) in [5, 5.41) is 6.07. The van der Waals surface area contributed by atoms with Crippen LogP contribution in [-0.2, 0) is 10.7 Å². The standard InChI is InChI=1S/C18H13F3N4OS/c19-10-7-22-15-14(18(20,21)16(26)25-15)13(10)8-5-9(6-8)23-17-24-11-3-1-2-4-12(11)27-17/h1-4,7-9H,5-6H2,(H,23,24)(H,22,25,26). The predicted molar refractivity (Wildman–Crippen MR) is 95.7 cm³/mol. The van der Waals surface area contributed by atoms with E-state index in [2.05, 4.69) is 15.3 Å². The summed E-state index contributed by atoms with van der Waals surface area (Å²) in [7, 11) is 0. The zero-order valence-electron chi connectivity index (χ0n) is 13.8. The van der Waals surface area contributed by atoms with Crippen molar-refractivity contribution in [1.82, 2.24) is 9.97 Å². The summed E-state index contributed by atoms with van der Waals surface area (Å²) in [6.07, 6.45) is 1.85. The molecule has 0 spiro atoms. The van der Waals surface area contributed by atoms with E-state index in [9.17, 15) is 18.0 Å². The third-order valence-electron chi connectivity index (χ3n) is 5.07. The zero-order chi connectivity index (χ0) is 18.8. The van der Waals surface area contributed by atoms with E-state index < -0.39 is 29.1 Å². The van der Waals surface area contributed by atoms with E-state index in [1.807, 2.05) is 29.6 Å². The monoisotopic (exact) mass is 390 g/mol. The first-order valence-electron chi connectivity index (χ1n) is 8.43. The van der Waals surface area contributed by atoms with Crippen LogP contribution in [0.15, 0.2) is 30.5 Å². The molecule has 0 saturated heterocycles. The lowest BCUT2D eigenvalue weighted by atomic mass is 9.74. The lowest BCUT2D eigenvalue weighted by Gasteiger charge is -2.37. The van der Waals surface area contributed by atoms with Gasteiger partial charge in [0.05, 0.1) is 22.0 Å². The first-order valence-corrected chi connectivity index (χ1v) is 9.25. The molecule has 2 aromatic heterocycles. The predicted octanol–water partition coefficient (Wildman–Crippen LogP) is 4.23. The van der Waals surface area contributed by atoms with Crippen molar-refractivity contribution in [3.05, 3.63) is 47.4 Å². The second-order valence-electron chi connectivity index (χ2n) is 6.77. The number of alkyl halides is 2. The first kappa shape index (κ1) is 16.5. The molecule has 1 aromatic carbocycles. The number of anilines is 2. The van der Waals surface area contributed by atoms with Gasteiger partial charge < -0.3 is 10.6 Å². The molecular weight excluding hydrogens is 377 g/mol. The number of carbonyl (C=O) groups is 1. The molecule has 27 heavy (non-hydrogen) atoms. The number of nitrogens with zero attached hydrogens (tertiary/aromatic N) is 2. The third-order valence-corrected chi connectivity index (χ3v) is 6.04. The minimum absolute atomic E-state index is 0.0115. The molecule has 5 nitrogen and oxygen atoms in total. The molecule has 1 fully saturated rings. The van der Waals surface area contributed by atoms with E-state index in [1.54, 1.807) is 0 Å². The molecule has 3 aromatic rings. The number of para-hydroxylation sites is 1. The molecule has 1 aliphatic heterocycles. The van der Waals surface area contributed by atoms with Crippen molar-refractivity contribution < 1.29 is 18.0 Å². The number of carbonyl (C=O) groups excluding carboxylic acids is 1. The summed E-state index contributed by atoms with van der Waals surface area (Å²) in [4.78, 5) is 19.6. The second-order valence-corrected chi connectivity index (χ2v) is 7.80. The van der Waals surface area contributed by atoms with Crippen LogP contribution in [0.25, 0.3) is 10.2 Å². The van der Waals surface area contributed by atoms with Crippen LogP contribution in [0.5, 0.6) is 0 Å². The van der Waals surface area contributed by atoms with Crippen LogP contribution in [0.2, 0.25) is 0 Å². The number of halogens is 3. The van der Waals surface area contributed by atoms with Gasteiger partial charge in [0.15, 0.2) is 5.13 Å². The smallest absolute Gasteiger partial charge is 0.354 e. The molecular formula is C18H13F3N4OS. The van der Waals surface area contributed by atoms with Crippen LogP contribution in [0.4, 0.5) is 24.1 Å². The first-order chi connectivity index (χ1) is 12.9. The highest BCUT2D eigenvalue weighted by Gasteiger charge is 2.53. The van der Waals surface area contributed by atoms with E-state index in [4.69, 9.17) is 0 Å². The number of aromatic nitrogens is 2. The summed E-state index contributed by atoms with van der Waals surface area (Å²) >= 11 is 1.51. The number of rotatable bonds is 3. The molecule has 1 aliphatic carbocycles. The van der Waals surface area contributed by atoms with E-state index in [-0.39, 0.29) is 17.4 Å². The Morgan fingerprint density at radius 1 is 1.26 bits per heavy atom. The minimum Gasteiger partial charge on any atom is -0.359 e. The Kier molecular flexibility index (Phi) is 3.45. The van der Waals surface area contributed by atoms with E-state index in [0.717, 1.165) is 21.5 Å². The number of nitrogens with one attached hydrogen (secondary N) is 2. The Labute approximate surface area is 155 Å². The molecule has 0 bridgehead atoms. The molecule has 0 unspecified atom stereocenters. The topological polar surface area (TPSA) is 66.9 Å². The fraction of sp³-hybridized carbons (Fsp3) is 0.278. The highest BCUT2D eigenvalue weighted by Crippen LogP contribution is 2.49. The number of thiazole rings is 1. The van der Waals surface area contributed by atoms with Gasteiger partial charge in [-0.05, 0) is 30.9 Å². The molecule has 138 valence electrons. The van der Waals surface area contributed by atoms with Crippen molar-refractivity contribution in [1.29, 1.82) is 0 Å². The summed E-state index contributed by atoms with van der Waals surface area (Å²) in [5.41, 5.74) is 0.171. The Hall–Kier alpha value is -2.68. The van der Waals surface area contributed by atoms with Crippen LogP contribution in [0.1, 0.15) is 29.9 Å². The van der Waals surface area contributed by atoms with Crippen LogP contribution in [0, 0.1) is 5.82 Å². The number of pyridine rings is 1. The molecule has 0 atom stereocenters. The Morgan fingerprint density at radius 2 is 2.04 bits per heavy atom. The Morgan fingerprint density at radius 3 is 2.81 bits per heavy atom. The van der Waals surface area contributed by atoms with Crippen LogP contribution >= 0.6 is 11.3 Å². The number of fused-ring (bicyclic) bond motifs is 2. The summed E-state index contributed by atoms with van der Waals surface area (Å²) in [6.45, 7) is 0. The van der Waals surface area contributed by atoms with Crippen molar-refractivity contribution in [3.8, 4) is 0 Å². The quantitative estimate of drug-likeness (QED) is 0.702. The zero-order valence-corrected chi connectivity index (χ0v) is 14.6. The SMILES string of the molecule is O=C1Nc2ncc(F)c(C3CC(Nc4nc5ccccc5s4)C3)c2C1(F)F. The number of hydrogen-bond donors (Lipinski definition) is 2. The van der Waals surface area contributed by atoms with Gasteiger partial charge in [0.1, 0.15) is 11.6 Å². The maximum absolute atomic E-state index is 14.3. The highest BCUT2D eigenvalue weighted by atomic mass is 32.1. The average molecular weight is 390 g/mol. The molecule has 5 rings (SSSR count). The molecule has 2 aliphatic rings. The van der Waals surface area contributed by atoms with Gasteiger partial charge in [0.25, 0.3) is 0 Å². The van der Waals surface area contributed by atoms with Crippen molar-refractivity contribution in [3.63, 3.8) is 0 Å². The van der Waals surface area contributed by atoms with Crippen molar-refractivity contribution in [2.24, 2.45) is 0 Å². The lowest BCUT2D eigenvalue weighted by Crippen LogP contribution is -2.36. The van der Waals surface area contributed by atoms with E-state index >= 15 is 0 Å². The molecule has 9 heteroatoms. The van der Waals surface area contributed by atoms with Gasteiger partial charge >= 0.3 is 11.8 Å². The minimum atomic E-state index is -3.76. The summed E-state index contributed by atoms with van der Waals surface area (Å²) in [5.74, 6) is -6.66. The van der Waals surface area contributed by atoms with E-state index in [1.165, 1.54) is 11.3 Å². The average Bonchev–Trinajstić information content (AvgIpc) is 3.10. The van der Waals surface area contributed by atoms with Gasteiger partial charge in [0.2, 0.25) is 0 Å². The molecule has 1 saturated carbocycles. The highest BCUT2D eigenvalue weighted by molar-refractivity contribution is 7.22. The van der Waals surface area contributed by atoms with Gasteiger partial charge in [-0.25, -0.2) is 14.4 Å². The largest absolute Gasteiger partial charge is 0.359 e. The van der Waals surface area contributed by atoms with Gasteiger partial charge in [-0.3, -0.25) is 4.79 Å². The Bertz CT molecular complexity index is 1040. The maximum atomic E-state index is 14.3. The normalized spacial score (nSPS) is 23.0. The van der Waals surface area contributed by atoms with Crippen molar-refractivity contribution in [2.45, 2.75) is 30.7 Å². The number of amides is 1. The summed E-state index contributed by atoms with van der Waals surface area (Å²) in [6, 6.07) is 7.75. The molecule has 3 heterocycles. The van der Waals surface area contributed by atoms with Crippen LogP contribution < -0.4 is 10.6 Å². The van der Waals surface area contributed by atoms with Crippen LogP contribution in [0.3, 0.4) is 0 Å². The van der Waals surface area contributed by atoms with Gasteiger partial charge in [-0.15, -0.1) is 0 Å². The van der Waals surface area contributed by atoms with Crippen LogP contribution in [-0.4, -0.2) is 21.9 Å². The second kappa shape index (κ2) is 5.66. The van der Waals surface area contributed by atoms with Crippen molar-refractivity contribution >= 4 is 38.4 Å². The fourth-order valence-electron chi connectivity index (χ4n) is 3.69. The maximum Gasteiger partial charge on any atom is 0.354 e. The third kappa shape index (κ3) is 2.48. The van der Waals surface area contributed by atoms with E-state index in [0.29, 0.717) is 12.8 Å². The fourth-order valence-corrected chi connectivity index (χ4v) is 4.64. The van der Waals surface area contributed by atoms with Crippen molar-refractivity contribution in [2.75, 3.05) is 10.6 Å². The van der Waals surface area contributed by atoms with Gasteiger partial charge in [-0.2, -0.15) is 8.78 Å². The number of hydrogen-bond acceptors (Lipinski definition) is 5. The van der Waals surface area contributed by atoms with Gasteiger partial charge in [-0.1, -0.05) is 23.5 Å². The lowest BCUT2D eigenvalue weighted by molar-refractivity contribution is -0.139. The Balaban J connectivity index is 1.37. The number of benzene rings is 1. The van der Waals surface area contributed by atoms with Gasteiger partial charge in [0, 0.05) is 11.6 Å².